The third kappa shape index (κ3) is 4.18. The van der Waals surface area contributed by atoms with E-state index in [0.29, 0.717) is 20.6 Å². The highest BCUT2D eigenvalue weighted by Crippen LogP contribution is 2.19. The van der Waals surface area contributed by atoms with E-state index in [9.17, 15) is 9.59 Å². The molecule has 0 saturated heterocycles. The van der Waals surface area contributed by atoms with Crippen LogP contribution in [0.15, 0.2) is 46.9 Å². The lowest BCUT2D eigenvalue weighted by molar-refractivity contribution is 0.0846. The zero-order chi connectivity index (χ0) is 15.4. The van der Waals surface area contributed by atoms with E-state index in [0.717, 1.165) is 3.57 Å². The lowest BCUT2D eigenvalue weighted by atomic mass is 10.2. The summed E-state index contributed by atoms with van der Waals surface area (Å²) in [6.07, 6.45) is 0. The minimum absolute atomic E-state index is 0.403. The lowest BCUT2D eigenvalue weighted by Gasteiger charge is -2.09. The first kappa shape index (κ1) is 16.3. The fourth-order valence-electron chi connectivity index (χ4n) is 1.54. The van der Waals surface area contributed by atoms with Gasteiger partial charge in [-0.1, -0.05) is 23.7 Å². The van der Waals surface area contributed by atoms with Gasteiger partial charge >= 0.3 is 0 Å². The van der Waals surface area contributed by atoms with Gasteiger partial charge < -0.3 is 0 Å². The van der Waals surface area contributed by atoms with E-state index in [1.807, 2.05) is 22.6 Å². The molecule has 0 spiro atoms. The van der Waals surface area contributed by atoms with Crippen molar-refractivity contribution in [1.29, 1.82) is 0 Å². The number of hydrogen-bond acceptors (Lipinski definition) is 2. The van der Waals surface area contributed by atoms with Crippen LogP contribution in [0.5, 0.6) is 0 Å². The first-order valence-corrected chi connectivity index (χ1v) is 8.04. The van der Waals surface area contributed by atoms with E-state index in [2.05, 4.69) is 26.8 Å². The Labute approximate surface area is 148 Å². The van der Waals surface area contributed by atoms with Crippen molar-refractivity contribution in [3.8, 4) is 0 Å². The molecular formula is C14H9BrClIN2O2. The average molecular weight is 479 g/mol. The monoisotopic (exact) mass is 478 g/mol. The Bertz CT molecular complexity index is 709. The maximum Gasteiger partial charge on any atom is 0.270 e. The highest BCUT2D eigenvalue weighted by molar-refractivity contribution is 14.1. The molecule has 2 N–H and O–H groups in total. The predicted octanol–water partition coefficient (Wildman–Crippen LogP) is 3.78. The zero-order valence-corrected chi connectivity index (χ0v) is 15.0. The number of hydrogen-bond donors (Lipinski definition) is 2. The minimum atomic E-state index is -0.412. The molecule has 2 rings (SSSR count). The van der Waals surface area contributed by atoms with E-state index in [1.54, 1.807) is 42.5 Å². The van der Waals surface area contributed by atoms with Gasteiger partial charge in [-0.05, 0) is 68.9 Å². The first-order chi connectivity index (χ1) is 9.99. The molecular weight excluding hydrogens is 470 g/mol. The summed E-state index contributed by atoms with van der Waals surface area (Å²) in [7, 11) is 0. The van der Waals surface area contributed by atoms with E-state index in [-0.39, 0.29) is 0 Å². The second-order valence-corrected chi connectivity index (χ2v) is 6.44. The van der Waals surface area contributed by atoms with Crippen LogP contribution in [0.25, 0.3) is 0 Å². The molecule has 7 heteroatoms. The molecule has 0 aliphatic carbocycles. The number of rotatable bonds is 2. The number of hydrazine groups is 1. The molecule has 0 aliphatic heterocycles. The van der Waals surface area contributed by atoms with E-state index < -0.39 is 11.8 Å². The summed E-state index contributed by atoms with van der Waals surface area (Å²) in [6.45, 7) is 0. The molecule has 2 aromatic rings. The highest BCUT2D eigenvalue weighted by atomic mass is 127. The van der Waals surface area contributed by atoms with Crippen molar-refractivity contribution in [2.45, 2.75) is 0 Å². The van der Waals surface area contributed by atoms with Gasteiger partial charge in [0, 0.05) is 13.6 Å². The average Bonchev–Trinajstić information content (AvgIpc) is 2.47. The van der Waals surface area contributed by atoms with Gasteiger partial charge in [-0.2, -0.15) is 0 Å². The fourth-order valence-corrected chi connectivity index (χ4v) is 2.63. The Morgan fingerprint density at radius 2 is 1.71 bits per heavy atom. The molecule has 21 heavy (non-hydrogen) atoms. The smallest absolute Gasteiger partial charge is 0.267 e. The van der Waals surface area contributed by atoms with Crippen LogP contribution in [0.2, 0.25) is 5.02 Å². The second kappa shape index (κ2) is 7.24. The molecule has 0 heterocycles. The van der Waals surface area contributed by atoms with Gasteiger partial charge in [0.15, 0.2) is 0 Å². The number of benzene rings is 2. The summed E-state index contributed by atoms with van der Waals surface area (Å²) in [6, 6.07) is 11.8. The maximum absolute atomic E-state index is 11.9. The van der Waals surface area contributed by atoms with Crippen LogP contribution >= 0.6 is 50.1 Å². The number of carbonyl (C=O) groups excluding carboxylic acids is 2. The summed E-state index contributed by atoms with van der Waals surface area (Å²) < 4.78 is 1.41. The molecule has 2 aromatic carbocycles. The molecule has 0 bridgehead atoms. The molecule has 0 atom stereocenters. The summed E-state index contributed by atoms with van der Waals surface area (Å²) >= 11 is 11.2. The SMILES string of the molecule is O=C(NNC(=O)c1ccccc1Br)c1ccc(Cl)c(I)c1. The summed E-state index contributed by atoms with van der Waals surface area (Å²) in [4.78, 5) is 23.9. The normalized spacial score (nSPS) is 10.0. The molecule has 0 saturated carbocycles. The standard InChI is InChI=1S/C14H9BrClIN2O2/c15-10-4-2-1-3-9(10)14(21)19-18-13(20)8-5-6-11(16)12(17)7-8/h1-7H,(H,18,20)(H,19,21). The molecule has 0 unspecified atom stereocenters. The van der Waals surface area contributed by atoms with Gasteiger partial charge in [-0.3, -0.25) is 20.4 Å². The van der Waals surface area contributed by atoms with Gasteiger partial charge in [0.25, 0.3) is 11.8 Å². The zero-order valence-electron chi connectivity index (χ0n) is 10.5. The van der Waals surface area contributed by atoms with Crippen LogP contribution in [-0.2, 0) is 0 Å². The Morgan fingerprint density at radius 3 is 2.38 bits per heavy atom. The molecule has 108 valence electrons. The van der Waals surface area contributed by atoms with E-state index >= 15 is 0 Å². The van der Waals surface area contributed by atoms with Crippen molar-refractivity contribution in [3.05, 3.63) is 66.7 Å². The molecule has 2 amide bonds. The first-order valence-electron chi connectivity index (χ1n) is 5.79. The van der Waals surface area contributed by atoms with Crippen molar-refractivity contribution in [2.24, 2.45) is 0 Å². The van der Waals surface area contributed by atoms with E-state index in [1.165, 1.54) is 0 Å². The largest absolute Gasteiger partial charge is 0.270 e. The maximum atomic E-state index is 11.9. The quantitative estimate of drug-likeness (QED) is 0.509. The fraction of sp³-hybridized carbons (Fsp3) is 0. The summed E-state index contributed by atoms with van der Waals surface area (Å²) in [5.74, 6) is -0.815. The molecule has 0 aliphatic rings. The van der Waals surface area contributed by atoms with Crippen LogP contribution in [0.3, 0.4) is 0 Å². The van der Waals surface area contributed by atoms with E-state index in [4.69, 9.17) is 11.6 Å². The van der Waals surface area contributed by atoms with Crippen LogP contribution in [-0.4, -0.2) is 11.8 Å². The summed E-state index contributed by atoms with van der Waals surface area (Å²) in [5.41, 5.74) is 5.58. The van der Waals surface area contributed by atoms with Gasteiger partial charge in [0.2, 0.25) is 0 Å². The van der Waals surface area contributed by atoms with Crippen molar-refractivity contribution >= 4 is 61.9 Å². The van der Waals surface area contributed by atoms with Gasteiger partial charge in [0.05, 0.1) is 10.6 Å². The van der Waals surface area contributed by atoms with Crippen LogP contribution in [0.1, 0.15) is 20.7 Å². The van der Waals surface area contributed by atoms with Gasteiger partial charge in [-0.25, -0.2) is 0 Å². The number of nitrogens with one attached hydrogen (secondary N) is 2. The number of carbonyl (C=O) groups is 2. The Morgan fingerprint density at radius 1 is 1.05 bits per heavy atom. The minimum Gasteiger partial charge on any atom is -0.267 e. The number of amides is 2. The highest BCUT2D eigenvalue weighted by Gasteiger charge is 2.12. The van der Waals surface area contributed by atoms with Crippen molar-refractivity contribution in [1.82, 2.24) is 10.9 Å². The number of halogens is 3. The summed E-state index contributed by atoms with van der Waals surface area (Å²) in [5, 5.41) is 0.574. The van der Waals surface area contributed by atoms with Crippen molar-refractivity contribution in [3.63, 3.8) is 0 Å². The van der Waals surface area contributed by atoms with Crippen LogP contribution < -0.4 is 10.9 Å². The predicted molar refractivity (Wildman–Crippen MR) is 93.2 cm³/mol. The third-order valence-electron chi connectivity index (χ3n) is 2.59. The molecule has 0 fully saturated rings. The molecule has 0 radical (unpaired) electrons. The Hall–Kier alpha value is -1.12. The molecule has 0 aromatic heterocycles. The Balaban J connectivity index is 2.02. The van der Waals surface area contributed by atoms with Gasteiger partial charge in [-0.15, -0.1) is 0 Å². The van der Waals surface area contributed by atoms with Gasteiger partial charge in [0.1, 0.15) is 0 Å². The molecule has 4 nitrogen and oxygen atoms in total. The van der Waals surface area contributed by atoms with Crippen molar-refractivity contribution < 1.29 is 9.59 Å². The third-order valence-corrected chi connectivity index (χ3v) is 4.82. The second-order valence-electron chi connectivity index (χ2n) is 4.02. The Kier molecular flexibility index (Phi) is 5.60. The van der Waals surface area contributed by atoms with Crippen molar-refractivity contribution in [2.75, 3.05) is 0 Å². The topological polar surface area (TPSA) is 58.2 Å². The van der Waals surface area contributed by atoms with Crippen LogP contribution in [0, 0.1) is 3.57 Å². The lowest BCUT2D eigenvalue weighted by Crippen LogP contribution is -2.41. The van der Waals surface area contributed by atoms with Crippen LogP contribution in [0.4, 0.5) is 0 Å².